The maximum Gasteiger partial charge on any atom is 0.343 e. The summed E-state index contributed by atoms with van der Waals surface area (Å²) in [5, 5.41) is 9.24. The smallest absolute Gasteiger partial charge is 0.343 e. The molecule has 0 saturated heterocycles. The second kappa shape index (κ2) is 8.09. The first-order chi connectivity index (χ1) is 11.9. The molecule has 1 aromatic carbocycles. The van der Waals surface area contributed by atoms with E-state index >= 15 is 0 Å². The molecule has 132 valence electrons. The number of esters is 1. The molecule has 0 fully saturated rings. The molecule has 0 atom stereocenters. The van der Waals surface area contributed by atoms with Gasteiger partial charge in [0.1, 0.15) is 11.4 Å². The van der Waals surface area contributed by atoms with Gasteiger partial charge in [0.05, 0.1) is 18.8 Å². The number of anilines is 1. The van der Waals surface area contributed by atoms with Crippen LogP contribution in [-0.4, -0.2) is 40.7 Å². The van der Waals surface area contributed by atoms with E-state index in [1.165, 1.54) is 4.68 Å². The number of hydrogen-bond acceptors (Lipinski definition) is 5. The number of benzene rings is 1. The molecule has 2 N–H and O–H groups in total. The van der Waals surface area contributed by atoms with Crippen LogP contribution in [0.25, 0.3) is 0 Å². The van der Waals surface area contributed by atoms with Gasteiger partial charge in [0.25, 0.3) is 5.91 Å². The quantitative estimate of drug-likeness (QED) is 0.769. The molecule has 1 heterocycles. The SMILES string of the molecule is CCOC(=O)c1c(C)nn(C)c1NC(=O)CNC(=O)c1ccccc1. The maximum atomic E-state index is 12.1. The van der Waals surface area contributed by atoms with Gasteiger partial charge in [-0.25, -0.2) is 4.79 Å². The number of aryl methyl sites for hydroxylation is 2. The highest BCUT2D eigenvalue weighted by molar-refractivity contribution is 6.03. The lowest BCUT2D eigenvalue weighted by atomic mass is 10.2. The van der Waals surface area contributed by atoms with Crippen molar-refractivity contribution < 1.29 is 19.1 Å². The summed E-state index contributed by atoms with van der Waals surface area (Å²) >= 11 is 0. The number of rotatable bonds is 6. The second-order valence-corrected chi connectivity index (χ2v) is 5.25. The summed E-state index contributed by atoms with van der Waals surface area (Å²) in [4.78, 5) is 36.1. The summed E-state index contributed by atoms with van der Waals surface area (Å²) in [5.74, 6) is -1.16. The number of amides is 2. The highest BCUT2D eigenvalue weighted by atomic mass is 16.5. The third kappa shape index (κ3) is 4.43. The molecule has 2 rings (SSSR count). The molecule has 2 amide bonds. The van der Waals surface area contributed by atoms with Gasteiger partial charge < -0.3 is 15.4 Å². The van der Waals surface area contributed by atoms with Crippen LogP contribution in [-0.2, 0) is 16.6 Å². The minimum absolute atomic E-state index is 0.201. The Labute approximate surface area is 145 Å². The molecule has 0 aliphatic rings. The normalized spacial score (nSPS) is 10.2. The van der Waals surface area contributed by atoms with Gasteiger partial charge in [-0.05, 0) is 26.0 Å². The Morgan fingerprint density at radius 3 is 2.52 bits per heavy atom. The fourth-order valence-corrected chi connectivity index (χ4v) is 2.28. The van der Waals surface area contributed by atoms with Crippen molar-refractivity contribution in [2.45, 2.75) is 13.8 Å². The molecule has 8 nitrogen and oxygen atoms in total. The van der Waals surface area contributed by atoms with Crippen LogP contribution < -0.4 is 10.6 Å². The third-order valence-electron chi connectivity index (χ3n) is 3.41. The van der Waals surface area contributed by atoms with Gasteiger partial charge >= 0.3 is 5.97 Å². The zero-order valence-electron chi connectivity index (χ0n) is 14.3. The molecule has 0 saturated carbocycles. The maximum absolute atomic E-state index is 12.1. The van der Waals surface area contributed by atoms with E-state index in [4.69, 9.17) is 4.74 Å². The van der Waals surface area contributed by atoms with Crippen molar-refractivity contribution in [2.75, 3.05) is 18.5 Å². The van der Waals surface area contributed by atoms with E-state index in [0.717, 1.165) is 0 Å². The summed E-state index contributed by atoms with van der Waals surface area (Å²) in [6.07, 6.45) is 0. The van der Waals surface area contributed by atoms with E-state index in [9.17, 15) is 14.4 Å². The topological polar surface area (TPSA) is 102 Å². The minimum atomic E-state index is -0.559. The Kier molecular flexibility index (Phi) is 5.89. The van der Waals surface area contributed by atoms with Gasteiger partial charge in [-0.15, -0.1) is 0 Å². The van der Waals surface area contributed by atoms with Gasteiger partial charge in [0, 0.05) is 12.6 Å². The van der Waals surface area contributed by atoms with Crippen molar-refractivity contribution in [3.8, 4) is 0 Å². The van der Waals surface area contributed by atoms with Gasteiger partial charge in [-0.1, -0.05) is 18.2 Å². The van der Waals surface area contributed by atoms with Crippen LogP contribution in [0.5, 0.6) is 0 Å². The van der Waals surface area contributed by atoms with Crippen molar-refractivity contribution >= 4 is 23.6 Å². The van der Waals surface area contributed by atoms with E-state index < -0.39 is 11.9 Å². The van der Waals surface area contributed by atoms with Crippen LogP contribution in [0.4, 0.5) is 5.82 Å². The molecule has 0 bridgehead atoms. The molecule has 25 heavy (non-hydrogen) atoms. The Morgan fingerprint density at radius 2 is 1.88 bits per heavy atom. The number of nitrogens with one attached hydrogen (secondary N) is 2. The number of aromatic nitrogens is 2. The summed E-state index contributed by atoms with van der Waals surface area (Å²) in [5.41, 5.74) is 1.11. The largest absolute Gasteiger partial charge is 0.462 e. The van der Waals surface area contributed by atoms with Crippen LogP contribution in [0.3, 0.4) is 0 Å². The Balaban J connectivity index is 2.03. The molecule has 1 aromatic heterocycles. The number of ether oxygens (including phenoxy) is 1. The molecule has 8 heteroatoms. The second-order valence-electron chi connectivity index (χ2n) is 5.25. The van der Waals surface area contributed by atoms with E-state index in [1.54, 1.807) is 51.2 Å². The van der Waals surface area contributed by atoms with Crippen molar-refractivity contribution in [1.29, 1.82) is 0 Å². The Morgan fingerprint density at radius 1 is 1.20 bits per heavy atom. The molecule has 0 radical (unpaired) electrons. The van der Waals surface area contributed by atoms with Gasteiger partial charge in [-0.3, -0.25) is 14.3 Å². The first kappa shape index (κ1) is 18.2. The standard InChI is InChI=1S/C17H20N4O4/c1-4-25-17(24)14-11(2)20-21(3)15(14)19-13(22)10-18-16(23)12-8-6-5-7-9-12/h5-9H,4,10H2,1-3H3,(H,18,23)(H,19,22). The van der Waals surface area contributed by atoms with E-state index in [0.29, 0.717) is 11.3 Å². The zero-order chi connectivity index (χ0) is 18.4. The average molecular weight is 344 g/mol. The molecule has 0 spiro atoms. The van der Waals surface area contributed by atoms with Crippen molar-refractivity contribution in [3.63, 3.8) is 0 Å². The fraction of sp³-hybridized carbons (Fsp3) is 0.294. The van der Waals surface area contributed by atoms with Crippen LogP contribution in [0.2, 0.25) is 0 Å². The summed E-state index contributed by atoms with van der Waals surface area (Å²) in [7, 11) is 1.61. The Bertz CT molecular complexity index is 783. The summed E-state index contributed by atoms with van der Waals surface area (Å²) in [6.45, 7) is 3.33. The molecule has 0 unspecified atom stereocenters. The zero-order valence-corrected chi connectivity index (χ0v) is 14.3. The van der Waals surface area contributed by atoms with E-state index in [-0.39, 0.29) is 30.4 Å². The lowest BCUT2D eigenvalue weighted by Crippen LogP contribution is -2.33. The van der Waals surface area contributed by atoms with E-state index in [2.05, 4.69) is 15.7 Å². The molecule has 2 aromatic rings. The molecule has 0 aliphatic heterocycles. The van der Waals surface area contributed by atoms with Crippen LogP contribution in [0.15, 0.2) is 30.3 Å². The first-order valence-electron chi connectivity index (χ1n) is 7.77. The predicted octanol–water partition coefficient (Wildman–Crippen LogP) is 1.27. The lowest BCUT2D eigenvalue weighted by molar-refractivity contribution is -0.115. The molecule has 0 aliphatic carbocycles. The first-order valence-corrected chi connectivity index (χ1v) is 7.77. The van der Waals surface area contributed by atoms with Crippen LogP contribution in [0.1, 0.15) is 33.3 Å². The third-order valence-corrected chi connectivity index (χ3v) is 3.41. The number of carbonyl (C=O) groups is 3. The van der Waals surface area contributed by atoms with E-state index in [1.807, 2.05) is 0 Å². The van der Waals surface area contributed by atoms with Crippen LogP contribution >= 0.6 is 0 Å². The van der Waals surface area contributed by atoms with Crippen LogP contribution in [0, 0.1) is 6.92 Å². The monoisotopic (exact) mass is 344 g/mol. The average Bonchev–Trinajstić information content (AvgIpc) is 2.87. The summed E-state index contributed by atoms with van der Waals surface area (Å²) < 4.78 is 6.37. The van der Waals surface area contributed by atoms with Gasteiger partial charge in [0.2, 0.25) is 5.91 Å². The lowest BCUT2D eigenvalue weighted by Gasteiger charge is -2.09. The van der Waals surface area contributed by atoms with Crippen molar-refractivity contribution in [2.24, 2.45) is 7.05 Å². The highest BCUT2D eigenvalue weighted by Gasteiger charge is 2.23. The van der Waals surface area contributed by atoms with Crippen molar-refractivity contribution in [3.05, 3.63) is 47.2 Å². The molecular weight excluding hydrogens is 324 g/mol. The van der Waals surface area contributed by atoms with Crippen molar-refractivity contribution in [1.82, 2.24) is 15.1 Å². The number of carbonyl (C=O) groups excluding carboxylic acids is 3. The minimum Gasteiger partial charge on any atom is -0.462 e. The van der Waals surface area contributed by atoms with Gasteiger partial charge in [-0.2, -0.15) is 5.10 Å². The highest BCUT2D eigenvalue weighted by Crippen LogP contribution is 2.19. The Hall–Kier alpha value is -3.16. The fourth-order valence-electron chi connectivity index (χ4n) is 2.28. The number of hydrogen-bond donors (Lipinski definition) is 2. The summed E-state index contributed by atoms with van der Waals surface area (Å²) in [6, 6.07) is 8.57. The molecular formula is C17H20N4O4. The predicted molar refractivity (Wildman–Crippen MR) is 91.3 cm³/mol. The number of nitrogens with zero attached hydrogens (tertiary/aromatic N) is 2. The van der Waals surface area contributed by atoms with Gasteiger partial charge in [0.15, 0.2) is 0 Å².